The topological polar surface area (TPSA) is 88.4 Å². The van der Waals surface area contributed by atoms with Gasteiger partial charge in [-0.25, -0.2) is 13.4 Å². The van der Waals surface area contributed by atoms with Gasteiger partial charge in [-0.15, -0.1) is 0 Å². The maximum atomic E-state index is 13.1. The second-order valence-electron chi connectivity index (χ2n) is 6.98. The van der Waals surface area contributed by atoms with Crippen molar-refractivity contribution in [1.82, 2.24) is 24.6 Å². The summed E-state index contributed by atoms with van der Waals surface area (Å²) in [6.07, 6.45) is 1.25. The Morgan fingerprint density at radius 1 is 1.19 bits per heavy atom. The van der Waals surface area contributed by atoms with E-state index in [2.05, 4.69) is 15.0 Å². The minimum atomic E-state index is -2.97. The van der Waals surface area contributed by atoms with E-state index in [0.29, 0.717) is 38.3 Å². The molecular formula is C17H25N5O3S. The Labute approximate surface area is 153 Å². The van der Waals surface area contributed by atoms with Crippen LogP contribution in [0.1, 0.15) is 21.7 Å². The SMILES string of the molecule is Cc1cc(C(=O)N2CCN(CCS(C)(=O)=O)CC2)c2c(C)nn(C)c2n1. The van der Waals surface area contributed by atoms with E-state index in [1.807, 2.05) is 31.9 Å². The van der Waals surface area contributed by atoms with Gasteiger partial charge in [-0.1, -0.05) is 0 Å². The molecule has 0 N–H and O–H groups in total. The number of fused-ring (bicyclic) bond motifs is 1. The molecule has 8 nitrogen and oxygen atoms in total. The molecule has 2 aromatic rings. The van der Waals surface area contributed by atoms with Crippen LogP contribution in [-0.4, -0.2) is 83.6 Å². The number of hydrogen-bond donors (Lipinski definition) is 0. The monoisotopic (exact) mass is 379 g/mol. The van der Waals surface area contributed by atoms with Crippen molar-refractivity contribution in [2.45, 2.75) is 13.8 Å². The Kier molecular flexibility index (Phi) is 5.03. The first-order chi connectivity index (χ1) is 12.2. The van der Waals surface area contributed by atoms with E-state index in [1.165, 1.54) is 6.26 Å². The summed E-state index contributed by atoms with van der Waals surface area (Å²) in [7, 11) is -1.14. The second-order valence-corrected chi connectivity index (χ2v) is 9.24. The van der Waals surface area contributed by atoms with Crippen molar-refractivity contribution in [3.8, 4) is 0 Å². The highest BCUT2D eigenvalue weighted by molar-refractivity contribution is 7.90. The lowest BCUT2D eigenvalue weighted by atomic mass is 10.1. The summed E-state index contributed by atoms with van der Waals surface area (Å²) < 4.78 is 24.3. The van der Waals surface area contributed by atoms with Crippen LogP contribution in [-0.2, 0) is 16.9 Å². The van der Waals surface area contributed by atoms with Crippen molar-refractivity contribution < 1.29 is 13.2 Å². The summed E-state index contributed by atoms with van der Waals surface area (Å²) in [6.45, 7) is 6.82. The fraction of sp³-hybridized carbons (Fsp3) is 0.588. The predicted molar refractivity (Wildman–Crippen MR) is 100 cm³/mol. The number of aryl methyl sites for hydroxylation is 3. The Bertz CT molecular complexity index is 943. The average molecular weight is 379 g/mol. The van der Waals surface area contributed by atoms with Gasteiger partial charge in [-0.05, 0) is 19.9 Å². The predicted octanol–water partition coefficient (Wildman–Crippen LogP) is 0.388. The van der Waals surface area contributed by atoms with Gasteiger partial charge in [0.25, 0.3) is 5.91 Å². The van der Waals surface area contributed by atoms with Gasteiger partial charge in [0, 0.05) is 51.7 Å². The van der Waals surface area contributed by atoms with Crippen LogP contribution in [0, 0.1) is 13.8 Å². The lowest BCUT2D eigenvalue weighted by molar-refractivity contribution is 0.0645. The molecule has 1 aliphatic heterocycles. The largest absolute Gasteiger partial charge is 0.336 e. The fourth-order valence-corrected chi connectivity index (χ4v) is 3.97. The molecule has 0 aliphatic carbocycles. The molecule has 3 rings (SSSR count). The van der Waals surface area contributed by atoms with Gasteiger partial charge in [0.05, 0.1) is 22.4 Å². The van der Waals surface area contributed by atoms with E-state index in [4.69, 9.17) is 0 Å². The van der Waals surface area contributed by atoms with Gasteiger partial charge in [0.1, 0.15) is 9.84 Å². The second kappa shape index (κ2) is 6.96. The zero-order chi connectivity index (χ0) is 19.1. The summed E-state index contributed by atoms with van der Waals surface area (Å²) in [5.74, 6) is 0.138. The molecule has 1 aliphatic rings. The minimum absolute atomic E-state index is 0.0145. The smallest absolute Gasteiger partial charge is 0.254 e. The van der Waals surface area contributed by atoms with E-state index in [1.54, 1.807) is 4.68 Å². The van der Waals surface area contributed by atoms with Crippen molar-refractivity contribution in [1.29, 1.82) is 0 Å². The minimum Gasteiger partial charge on any atom is -0.336 e. The number of sulfone groups is 1. The molecule has 3 heterocycles. The van der Waals surface area contributed by atoms with Crippen LogP contribution in [0.4, 0.5) is 0 Å². The van der Waals surface area contributed by atoms with E-state index < -0.39 is 9.84 Å². The highest BCUT2D eigenvalue weighted by Gasteiger charge is 2.26. The lowest BCUT2D eigenvalue weighted by Gasteiger charge is -2.34. The van der Waals surface area contributed by atoms with Gasteiger partial charge in [-0.3, -0.25) is 14.4 Å². The van der Waals surface area contributed by atoms with Crippen LogP contribution in [0.15, 0.2) is 6.07 Å². The van der Waals surface area contributed by atoms with Crippen LogP contribution < -0.4 is 0 Å². The molecule has 0 radical (unpaired) electrons. The fourth-order valence-electron chi connectivity index (χ4n) is 3.38. The molecule has 2 aromatic heterocycles. The molecule has 0 unspecified atom stereocenters. The number of hydrogen-bond acceptors (Lipinski definition) is 6. The van der Waals surface area contributed by atoms with E-state index in [-0.39, 0.29) is 11.7 Å². The highest BCUT2D eigenvalue weighted by atomic mass is 32.2. The first-order valence-electron chi connectivity index (χ1n) is 8.66. The number of carbonyl (C=O) groups excluding carboxylic acids is 1. The van der Waals surface area contributed by atoms with Crippen LogP contribution in [0.2, 0.25) is 0 Å². The number of carbonyl (C=O) groups is 1. The molecule has 0 saturated carbocycles. The molecular weight excluding hydrogens is 354 g/mol. The number of piperazine rings is 1. The van der Waals surface area contributed by atoms with E-state index >= 15 is 0 Å². The number of amides is 1. The Hall–Kier alpha value is -2.00. The van der Waals surface area contributed by atoms with Gasteiger partial charge >= 0.3 is 0 Å². The summed E-state index contributed by atoms with van der Waals surface area (Å²) >= 11 is 0. The Morgan fingerprint density at radius 2 is 1.85 bits per heavy atom. The number of rotatable bonds is 4. The molecule has 9 heteroatoms. The van der Waals surface area contributed by atoms with Crippen molar-refractivity contribution >= 4 is 26.8 Å². The molecule has 26 heavy (non-hydrogen) atoms. The maximum Gasteiger partial charge on any atom is 0.254 e. The average Bonchev–Trinajstić information content (AvgIpc) is 2.85. The van der Waals surface area contributed by atoms with Gasteiger partial charge in [0.15, 0.2) is 5.65 Å². The van der Waals surface area contributed by atoms with Crippen LogP contribution >= 0.6 is 0 Å². The molecule has 0 aromatic carbocycles. The van der Waals surface area contributed by atoms with Gasteiger partial charge in [-0.2, -0.15) is 5.10 Å². The van der Waals surface area contributed by atoms with Gasteiger partial charge in [0.2, 0.25) is 0 Å². The third-order valence-electron chi connectivity index (χ3n) is 4.76. The molecule has 0 atom stereocenters. The third-order valence-corrected chi connectivity index (χ3v) is 5.69. The van der Waals surface area contributed by atoms with E-state index in [9.17, 15) is 13.2 Å². The summed E-state index contributed by atoms with van der Waals surface area (Å²) in [4.78, 5) is 21.5. The maximum absolute atomic E-state index is 13.1. The number of nitrogens with zero attached hydrogens (tertiary/aromatic N) is 5. The van der Waals surface area contributed by atoms with Crippen LogP contribution in [0.25, 0.3) is 11.0 Å². The summed E-state index contributed by atoms with van der Waals surface area (Å²) in [5.41, 5.74) is 2.95. The molecule has 142 valence electrons. The van der Waals surface area contributed by atoms with Gasteiger partial charge < -0.3 is 4.90 Å². The zero-order valence-electron chi connectivity index (χ0n) is 15.7. The first kappa shape index (κ1) is 18.8. The molecule has 0 spiro atoms. The Balaban J connectivity index is 1.76. The zero-order valence-corrected chi connectivity index (χ0v) is 16.5. The Morgan fingerprint density at radius 3 is 2.46 bits per heavy atom. The molecule has 1 fully saturated rings. The molecule has 0 bridgehead atoms. The van der Waals surface area contributed by atoms with Crippen LogP contribution in [0.3, 0.4) is 0 Å². The van der Waals surface area contributed by atoms with Crippen LogP contribution in [0.5, 0.6) is 0 Å². The van der Waals surface area contributed by atoms with Crippen molar-refractivity contribution in [2.24, 2.45) is 7.05 Å². The third kappa shape index (κ3) is 3.88. The van der Waals surface area contributed by atoms with Crippen molar-refractivity contribution in [3.63, 3.8) is 0 Å². The quantitative estimate of drug-likeness (QED) is 0.763. The normalized spacial score (nSPS) is 16.4. The highest BCUT2D eigenvalue weighted by Crippen LogP contribution is 2.23. The molecule has 1 amide bonds. The number of pyridine rings is 1. The first-order valence-corrected chi connectivity index (χ1v) is 10.7. The lowest BCUT2D eigenvalue weighted by Crippen LogP contribution is -2.49. The van der Waals surface area contributed by atoms with E-state index in [0.717, 1.165) is 22.4 Å². The van der Waals surface area contributed by atoms with Crippen molar-refractivity contribution in [3.05, 3.63) is 23.0 Å². The standard InChI is InChI=1S/C17H25N5O3S/c1-12-11-14(15-13(2)19-20(3)16(15)18-12)17(23)22-7-5-21(6-8-22)9-10-26(4,24)25/h11H,5-10H2,1-4H3. The summed E-state index contributed by atoms with van der Waals surface area (Å²) in [6, 6.07) is 1.83. The summed E-state index contributed by atoms with van der Waals surface area (Å²) in [5, 5.41) is 5.21. The molecule has 1 saturated heterocycles. The number of aromatic nitrogens is 3. The van der Waals surface area contributed by atoms with Crippen molar-refractivity contribution in [2.75, 3.05) is 44.7 Å².